The summed E-state index contributed by atoms with van der Waals surface area (Å²) in [5, 5.41) is 8.46. The molecule has 0 aliphatic rings. The van der Waals surface area contributed by atoms with Crippen LogP contribution in [0.15, 0.2) is 58.3 Å². The topological polar surface area (TPSA) is 82.1 Å². The molecular formula is C17H13N5O2. The number of hydrogen-bond donors (Lipinski definition) is 0. The molecule has 0 radical (unpaired) electrons. The normalized spacial score (nSPS) is 11.2. The zero-order chi connectivity index (χ0) is 16.7. The summed E-state index contributed by atoms with van der Waals surface area (Å²) < 4.78 is 2.68. The third kappa shape index (κ3) is 2.36. The molecule has 0 saturated heterocycles. The van der Waals surface area contributed by atoms with Crippen molar-refractivity contribution < 1.29 is 0 Å². The number of nitrogens with zero attached hydrogens (tertiary/aromatic N) is 5. The first-order valence-electron chi connectivity index (χ1n) is 7.43. The van der Waals surface area contributed by atoms with Crippen LogP contribution in [-0.4, -0.2) is 24.4 Å². The van der Waals surface area contributed by atoms with Gasteiger partial charge in [0.15, 0.2) is 0 Å². The lowest BCUT2D eigenvalue weighted by Crippen LogP contribution is -2.26. The van der Waals surface area contributed by atoms with Crippen LogP contribution in [0.3, 0.4) is 0 Å². The monoisotopic (exact) mass is 319 g/mol. The lowest BCUT2D eigenvalue weighted by Gasteiger charge is -2.06. The Morgan fingerprint density at radius 2 is 1.92 bits per heavy atom. The average Bonchev–Trinajstić information content (AvgIpc) is 2.57. The van der Waals surface area contributed by atoms with Crippen LogP contribution < -0.4 is 11.1 Å². The van der Waals surface area contributed by atoms with Crippen LogP contribution in [0, 0.1) is 6.92 Å². The molecule has 118 valence electrons. The summed E-state index contributed by atoms with van der Waals surface area (Å²) in [5.74, 6) is 0. The fraction of sp³-hybridized carbons (Fsp3) is 0.118. The van der Waals surface area contributed by atoms with Crippen molar-refractivity contribution in [1.29, 1.82) is 0 Å². The summed E-state index contributed by atoms with van der Waals surface area (Å²) in [6.45, 7) is 2.02. The summed E-state index contributed by atoms with van der Waals surface area (Å²) in [6, 6.07) is 12.1. The summed E-state index contributed by atoms with van der Waals surface area (Å²) in [5.41, 5.74) is 2.10. The Morgan fingerprint density at radius 3 is 2.79 bits per heavy atom. The van der Waals surface area contributed by atoms with E-state index in [-0.39, 0.29) is 17.7 Å². The van der Waals surface area contributed by atoms with E-state index in [0.717, 1.165) is 5.56 Å². The molecule has 0 fully saturated rings. The van der Waals surface area contributed by atoms with Crippen molar-refractivity contribution in [3.8, 4) is 0 Å². The number of aryl methyl sites for hydroxylation is 1. The van der Waals surface area contributed by atoms with Gasteiger partial charge in [0.2, 0.25) is 0 Å². The largest absolute Gasteiger partial charge is 0.277 e. The summed E-state index contributed by atoms with van der Waals surface area (Å²) in [7, 11) is 0. The fourth-order valence-corrected chi connectivity index (χ4v) is 2.62. The van der Waals surface area contributed by atoms with E-state index >= 15 is 0 Å². The van der Waals surface area contributed by atoms with Crippen LogP contribution in [0.25, 0.3) is 16.6 Å². The Balaban J connectivity index is 1.84. The maximum Gasteiger partial charge on any atom is 0.277 e. The molecule has 0 unspecified atom stereocenters. The molecule has 0 bridgehead atoms. The first-order valence-corrected chi connectivity index (χ1v) is 7.43. The van der Waals surface area contributed by atoms with Gasteiger partial charge in [-0.1, -0.05) is 17.3 Å². The van der Waals surface area contributed by atoms with E-state index in [2.05, 4.69) is 15.3 Å². The summed E-state index contributed by atoms with van der Waals surface area (Å²) >= 11 is 0. The highest BCUT2D eigenvalue weighted by atomic mass is 16.1. The van der Waals surface area contributed by atoms with Crippen molar-refractivity contribution in [2.75, 3.05) is 0 Å². The molecule has 3 aromatic heterocycles. The SMILES string of the molecule is Cc1ccn2c(=O)cc(Cn3nnc4ccccc4c3=O)nc2c1. The highest BCUT2D eigenvalue weighted by Crippen LogP contribution is 2.06. The van der Waals surface area contributed by atoms with Crippen LogP contribution >= 0.6 is 0 Å². The number of aromatic nitrogens is 5. The summed E-state index contributed by atoms with van der Waals surface area (Å²) in [6.07, 6.45) is 1.69. The maximum atomic E-state index is 12.5. The zero-order valence-electron chi connectivity index (χ0n) is 12.9. The van der Waals surface area contributed by atoms with Crippen molar-refractivity contribution in [3.63, 3.8) is 0 Å². The van der Waals surface area contributed by atoms with Gasteiger partial charge < -0.3 is 0 Å². The quantitative estimate of drug-likeness (QED) is 0.554. The minimum absolute atomic E-state index is 0.0936. The lowest BCUT2D eigenvalue weighted by atomic mass is 10.2. The first kappa shape index (κ1) is 14.3. The number of fused-ring (bicyclic) bond motifs is 2. The van der Waals surface area contributed by atoms with Gasteiger partial charge in [-0.15, -0.1) is 5.10 Å². The van der Waals surface area contributed by atoms with Crippen molar-refractivity contribution in [2.45, 2.75) is 13.5 Å². The van der Waals surface area contributed by atoms with Gasteiger partial charge in [0, 0.05) is 12.3 Å². The summed E-state index contributed by atoms with van der Waals surface area (Å²) in [4.78, 5) is 29.1. The molecule has 0 amide bonds. The molecule has 7 heteroatoms. The average molecular weight is 319 g/mol. The molecule has 0 saturated carbocycles. The van der Waals surface area contributed by atoms with Gasteiger partial charge in [-0.05, 0) is 36.8 Å². The van der Waals surface area contributed by atoms with Crippen molar-refractivity contribution in [1.82, 2.24) is 24.4 Å². The number of pyridine rings is 1. The second-order valence-electron chi connectivity index (χ2n) is 5.59. The van der Waals surface area contributed by atoms with Gasteiger partial charge in [-0.3, -0.25) is 14.0 Å². The van der Waals surface area contributed by atoms with Crippen molar-refractivity contribution in [2.24, 2.45) is 0 Å². The van der Waals surface area contributed by atoms with Crippen LogP contribution in [0.4, 0.5) is 0 Å². The van der Waals surface area contributed by atoms with E-state index in [0.29, 0.717) is 22.2 Å². The molecule has 0 atom stereocenters. The highest BCUT2D eigenvalue weighted by Gasteiger charge is 2.08. The predicted octanol–water partition coefficient (Wildman–Crippen LogP) is 1.16. The molecule has 3 heterocycles. The van der Waals surface area contributed by atoms with Crippen LogP contribution in [0.5, 0.6) is 0 Å². The zero-order valence-corrected chi connectivity index (χ0v) is 12.9. The molecule has 24 heavy (non-hydrogen) atoms. The molecule has 0 aliphatic carbocycles. The second-order valence-corrected chi connectivity index (χ2v) is 5.59. The minimum atomic E-state index is -0.258. The Bertz CT molecular complexity index is 1190. The number of benzene rings is 1. The standard InChI is InChI=1S/C17H13N5O2/c1-11-6-7-21-15(8-11)18-12(9-16(21)23)10-22-17(24)13-4-2-3-5-14(13)19-20-22/h2-9H,10H2,1H3. The van der Waals surface area contributed by atoms with E-state index in [9.17, 15) is 9.59 Å². The molecule has 1 aromatic carbocycles. The highest BCUT2D eigenvalue weighted by molar-refractivity contribution is 5.76. The Hall–Kier alpha value is -3.35. The van der Waals surface area contributed by atoms with Crippen molar-refractivity contribution in [3.05, 3.63) is 80.6 Å². The van der Waals surface area contributed by atoms with Gasteiger partial charge in [0.05, 0.1) is 17.6 Å². The Morgan fingerprint density at radius 1 is 1.08 bits per heavy atom. The first-order chi connectivity index (χ1) is 11.6. The number of rotatable bonds is 2. The Labute approximate surface area is 135 Å². The van der Waals surface area contributed by atoms with E-state index in [1.807, 2.05) is 19.1 Å². The minimum Gasteiger partial charge on any atom is -0.269 e. The maximum absolute atomic E-state index is 12.5. The van der Waals surface area contributed by atoms with E-state index in [4.69, 9.17) is 0 Å². The fourth-order valence-electron chi connectivity index (χ4n) is 2.62. The van der Waals surface area contributed by atoms with Gasteiger partial charge in [-0.2, -0.15) is 0 Å². The molecule has 4 aromatic rings. The van der Waals surface area contributed by atoms with Crippen LogP contribution in [-0.2, 0) is 6.54 Å². The molecule has 7 nitrogen and oxygen atoms in total. The van der Waals surface area contributed by atoms with E-state index in [1.165, 1.54) is 15.1 Å². The lowest BCUT2D eigenvalue weighted by molar-refractivity contribution is 0.591. The van der Waals surface area contributed by atoms with Gasteiger partial charge in [0.25, 0.3) is 11.1 Å². The van der Waals surface area contributed by atoms with Crippen LogP contribution in [0.2, 0.25) is 0 Å². The smallest absolute Gasteiger partial charge is 0.269 e. The molecule has 4 rings (SSSR count). The van der Waals surface area contributed by atoms with Crippen molar-refractivity contribution >= 4 is 16.6 Å². The second kappa shape index (κ2) is 5.38. The molecule has 0 aliphatic heterocycles. The number of hydrogen-bond acceptors (Lipinski definition) is 5. The van der Waals surface area contributed by atoms with E-state index < -0.39 is 0 Å². The van der Waals surface area contributed by atoms with Gasteiger partial charge >= 0.3 is 0 Å². The third-order valence-corrected chi connectivity index (χ3v) is 3.82. The predicted molar refractivity (Wildman–Crippen MR) is 89.1 cm³/mol. The van der Waals surface area contributed by atoms with Crippen LogP contribution in [0.1, 0.15) is 11.3 Å². The molecule has 0 N–H and O–H groups in total. The Kier molecular flexibility index (Phi) is 3.19. The van der Waals surface area contributed by atoms with Gasteiger partial charge in [-0.25, -0.2) is 9.67 Å². The molecule has 0 spiro atoms. The van der Waals surface area contributed by atoms with E-state index in [1.54, 1.807) is 30.5 Å². The van der Waals surface area contributed by atoms with Gasteiger partial charge in [0.1, 0.15) is 11.2 Å². The molecular weight excluding hydrogens is 306 g/mol. The third-order valence-electron chi connectivity index (χ3n) is 3.82.